The van der Waals surface area contributed by atoms with Gasteiger partial charge in [0.1, 0.15) is 12.7 Å². The van der Waals surface area contributed by atoms with Crippen molar-refractivity contribution in [2.75, 3.05) is 26.4 Å². The number of unbranched alkanes of at least 4 members (excludes halogenated alkanes) is 15. The monoisotopic (exact) mass is 857 g/mol. The fourth-order valence-electron chi connectivity index (χ4n) is 6.10. The Bertz CT molecular complexity index is 1150. The molecule has 0 aromatic carbocycles. The molecule has 0 aromatic heterocycles. The van der Waals surface area contributed by atoms with Crippen LogP contribution in [0, 0.1) is 5.92 Å². The van der Waals surface area contributed by atoms with Crippen LogP contribution < -0.4 is 0 Å². The molecule has 0 spiro atoms. The molecule has 0 saturated carbocycles. The molecular weight excluding hydrogens is 771 g/mol. The van der Waals surface area contributed by atoms with Gasteiger partial charge in [0.05, 0.1) is 25.9 Å². The van der Waals surface area contributed by atoms with E-state index in [-0.39, 0.29) is 25.6 Å². The summed E-state index contributed by atoms with van der Waals surface area (Å²) in [5.41, 5.74) is 0. The first kappa shape index (κ1) is 56.9. The van der Waals surface area contributed by atoms with E-state index in [2.05, 4.69) is 54.8 Å². The standard InChI is InChI=1S/C47H85O11P/c1-4-42(2)34-30-26-22-18-14-10-8-9-12-16-20-24-28-32-36-46(51)55-40-45(41-57-59(53,54)56-39-44(50)38-48)58-47(52)37-33-29-25-21-17-13-7-5-6-11-15-19-23-27-31-35-43(3)49/h6-7,11,13,19,21,23,25,42-45,48-50H,4-5,8-10,12,14-18,20,22,24,26-41H2,1-3H3,(H,53,54)/b11-6-,13-7-,23-19-,25-21-/t42?,43-,44-,45+/m0/s1. The van der Waals surface area contributed by atoms with Crippen molar-refractivity contribution in [3.63, 3.8) is 0 Å². The van der Waals surface area contributed by atoms with Crippen molar-refractivity contribution in [1.82, 2.24) is 0 Å². The third-order valence-corrected chi connectivity index (χ3v) is 11.0. The molecule has 11 nitrogen and oxygen atoms in total. The lowest BCUT2D eigenvalue weighted by molar-refractivity contribution is -0.161. The van der Waals surface area contributed by atoms with Gasteiger partial charge in [-0.3, -0.25) is 18.6 Å². The van der Waals surface area contributed by atoms with Crippen molar-refractivity contribution in [1.29, 1.82) is 0 Å². The minimum absolute atomic E-state index is 0.0964. The van der Waals surface area contributed by atoms with Crippen LogP contribution >= 0.6 is 7.82 Å². The number of allylic oxidation sites excluding steroid dienone is 8. The highest BCUT2D eigenvalue weighted by atomic mass is 31.2. The Hall–Kier alpha value is -2.11. The van der Waals surface area contributed by atoms with Crippen LogP contribution in [0.5, 0.6) is 0 Å². The molecule has 59 heavy (non-hydrogen) atoms. The smallest absolute Gasteiger partial charge is 0.462 e. The second kappa shape index (κ2) is 41.3. The Morgan fingerprint density at radius 1 is 0.576 bits per heavy atom. The summed E-state index contributed by atoms with van der Waals surface area (Å²) in [7, 11) is -4.64. The highest BCUT2D eigenvalue weighted by Gasteiger charge is 2.27. The zero-order chi connectivity index (χ0) is 43.7. The number of ether oxygens (including phenoxy) is 2. The Morgan fingerprint density at radius 2 is 1.03 bits per heavy atom. The summed E-state index contributed by atoms with van der Waals surface area (Å²) < 4.78 is 32.7. The molecule has 0 heterocycles. The van der Waals surface area contributed by atoms with Crippen LogP contribution in [0.4, 0.5) is 0 Å². The number of carbonyl (C=O) groups is 2. The van der Waals surface area contributed by atoms with E-state index in [0.717, 1.165) is 63.7 Å². The summed E-state index contributed by atoms with van der Waals surface area (Å²) in [6, 6.07) is 0. The van der Waals surface area contributed by atoms with Gasteiger partial charge in [0.2, 0.25) is 0 Å². The van der Waals surface area contributed by atoms with E-state index < -0.39 is 51.8 Å². The number of carbonyl (C=O) groups excluding carboxylic acids is 2. The van der Waals surface area contributed by atoms with E-state index in [0.29, 0.717) is 19.3 Å². The Balaban J connectivity index is 4.34. The van der Waals surface area contributed by atoms with Gasteiger partial charge in [-0.05, 0) is 70.6 Å². The summed E-state index contributed by atoms with van der Waals surface area (Å²) in [5.74, 6) is -0.134. The molecule has 0 aliphatic heterocycles. The molecule has 0 fully saturated rings. The molecule has 0 aliphatic carbocycles. The molecule has 5 atom stereocenters. The third kappa shape index (κ3) is 42.4. The van der Waals surface area contributed by atoms with Gasteiger partial charge in [-0.25, -0.2) is 4.57 Å². The molecule has 0 amide bonds. The second-order valence-corrected chi connectivity index (χ2v) is 17.4. The van der Waals surface area contributed by atoms with Gasteiger partial charge in [-0.2, -0.15) is 0 Å². The average molecular weight is 857 g/mol. The fourth-order valence-corrected chi connectivity index (χ4v) is 6.89. The number of phosphoric acid groups is 1. The number of hydrogen-bond acceptors (Lipinski definition) is 10. The van der Waals surface area contributed by atoms with Gasteiger partial charge in [-0.1, -0.05) is 159 Å². The zero-order valence-corrected chi connectivity index (χ0v) is 38.1. The molecule has 2 unspecified atom stereocenters. The second-order valence-electron chi connectivity index (χ2n) is 16.0. The molecule has 0 rings (SSSR count). The number of phosphoric ester groups is 1. The quantitative estimate of drug-likeness (QED) is 0.0199. The lowest BCUT2D eigenvalue weighted by atomic mass is 9.99. The predicted octanol–water partition coefficient (Wildman–Crippen LogP) is 11.3. The molecule has 0 aliphatic rings. The van der Waals surface area contributed by atoms with Crippen molar-refractivity contribution in [3.05, 3.63) is 48.6 Å². The van der Waals surface area contributed by atoms with Crippen LogP contribution in [0.3, 0.4) is 0 Å². The maximum Gasteiger partial charge on any atom is 0.472 e. The molecule has 0 radical (unpaired) electrons. The minimum atomic E-state index is -4.64. The first-order valence-electron chi connectivity index (χ1n) is 23.0. The highest BCUT2D eigenvalue weighted by molar-refractivity contribution is 7.47. The van der Waals surface area contributed by atoms with E-state index in [4.69, 9.17) is 19.1 Å². The average Bonchev–Trinajstić information content (AvgIpc) is 3.21. The van der Waals surface area contributed by atoms with E-state index in [1.165, 1.54) is 77.0 Å². The lowest BCUT2D eigenvalue weighted by Gasteiger charge is -2.20. The molecule has 0 saturated heterocycles. The number of hydrogen-bond donors (Lipinski definition) is 4. The van der Waals surface area contributed by atoms with Crippen LogP contribution in [0.2, 0.25) is 0 Å². The van der Waals surface area contributed by atoms with E-state index in [9.17, 15) is 29.3 Å². The first-order valence-corrected chi connectivity index (χ1v) is 24.5. The van der Waals surface area contributed by atoms with Crippen LogP contribution in [0.1, 0.15) is 188 Å². The van der Waals surface area contributed by atoms with Crippen molar-refractivity contribution >= 4 is 19.8 Å². The SMILES string of the molecule is CCC(C)CCCCCCCCCCCCCCCCC(=O)OC[C@H](COP(=O)(O)OC[C@@H](O)CO)OC(=O)CCC/C=C\C/C=C\C/C=C\C/C=C\CCC[C@H](C)O. The maximum atomic E-state index is 12.6. The van der Waals surface area contributed by atoms with Crippen LogP contribution in [0.25, 0.3) is 0 Å². The fraction of sp³-hybridized carbons (Fsp3) is 0.787. The zero-order valence-electron chi connectivity index (χ0n) is 37.2. The molecule has 4 N–H and O–H groups in total. The number of aliphatic hydroxyl groups is 3. The molecule has 344 valence electrons. The van der Waals surface area contributed by atoms with Gasteiger partial charge in [0.25, 0.3) is 0 Å². The largest absolute Gasteiger partial charge is 0.472 e. The van der Waals surface area contributed by atoms with Gasteiger partial charge in [0.15, 0.2) is 6.10 Å². The van der Waals surface area contributed by atoms with Crippen molar-refractivity contribution in [2.24, 2.45) is 5.92 Å². The van der Waals surface area contributed by atoms with Gasteiger partial charge < -0.3 is 29.7 Å². The van der Waals surface area contributed by atoms with Gasteiger partial charge in [0, 0.05) is 12.8 Å². The summed E-state index contributed by atoms with van der Waals surface area (Å²) in [6.45, 7) is 4.24. The molecule has 12 heteroatoms. The van der Waals surface area contributed by atoms with Crippen molar-refractivity contribution in [3.8, 4) is 0 Å². The van der Waals surface area contributed by atoms with E-state index >= 15 is 0 Å². The van der Waals surface area contributed by atoms with Crippen LogP contribution in [-0.2, 0) is 32.7 Å². The molecular formula is C47H85O11P. The van der Waals surface area contributed by atoms with Gasteiger partial charge in [-0.15, -0.1) is 0 Å². The maximum absolute atomic E-state index is 12.6. The predicted molar refractivity (Wildman–Crippen MR) is 239 cm³/mol. The summed E-state index contributed by atoms with van der Waals surface area (Å²) in [4.78, 5) is 35.0. The number of esters is 2. The summed E-state index contributed by atoms with van der Waals surface area (Å²) >= 11 is 0. The molecule has 0 bridgehead atoms. The Kier molecular flexibility index (Phi) is 39.8. The Morgan fingerprint density at radius 3 is 1.54 bits per heavy atom. The highest BCUT2D eigenvalue weighted by Crippen LogP contribution is 2.43. The number of aliphatic hydroxyl groups excluding tert-OH is 3. The van der Waals surface area contributed by atoms with E-state index in [1.54, 1.807) is 0 Å². The van der Waals surface area contributed by atoms with Crippen molar-refractivity contribution in [2.45, 2.75) is 206 Å². The lowest BCUT2D eigenvalue weighted by Crippen LogP contribution is -2.29. The first-order chi connectivity index (χ1) is 28.5. The summed E-state index contributed by atoms with van der Waals surface area (Å²) in [5, 5.41) is 27.6. The topological polar surface area (TPSA) is 169 Å². The minimum Gasteiger partial charge on any atom is -0.462 e. The van der Waals surface area contributed by atoms with E-state index in [1.807, 2.05) is 19.1 Å². The van der Waals surface area contributed by atoms with Gasteiger partial charge >= 0.3 is 19.8 Å². The molecule has 0 aromatic rings. The van der Waals surface area contributed by atoms with Crippen LogP contribution in [0.15, 0.2) is 48.6 Å². The number of rotatable bonds is 42. The van der Waals surface area contributed by atoms with Crippen molar-refractivity contribution < 1.29 is 52.9 Å². The van der Waals surface area contributed by atoms with Crippen LogP contribution in [-0.4, -0.2) is 76.9 Å². The third-order valence-electron chi connectivity index (χ3n) is 10.0. The summed E-state index contributed by atoms with van der Waals surface area (Å²) in [6.07, 6.45) is 40.7. The Labute approximate surface area is 358 Å². The normalized spacial score (nSPS) is 15.3.